The third-order valence-electron chi connectivity index (χ3n) is 0.0833. The molecule has 3 heteroatoms. The molecule has 0 amide bonds. The number of carbonyl (C=O) groups is 1. The summed E-state index contributed by atoms with van der Waals surface area (Å²) in [7, 11) is 0. The van der Waals surface area contributed by atoms with Crippen LogP contribution in [0.1, 0.15) is 0 Å². The standard InChI is InChI=1S/C2H3O.Hf.Mg.2H/c1-2-3;;;;/h2H,1H2;;;;. The molecular formula is C2H5HfMgO. The molecule has 0 saturated heterocycles. The predicted octanol–water partition coefficient (Wildman–Crippen LogP) is -0.766. The van der Waals surface area contributed by atoms with Gasteiger partial charge in [0.15, 0.2) is 0 Å². The van der Waals surface area contributed by atoms with E-state index in [2.05, 4.69) is 0 Å². The zero-order valence-corrected chi connectivity index (χ0v) is 5.79. The molecule has 0 saturated carbocycles. The zero-order chi connectivity index (χ0) is 3.41. The van der Waals surface area contributed by atoms with Gasteiger partial charge in [-0.05, 0) is 0 Å². The number of aldehydes is 1. The van der Waals surface area contributed by atoms with Gasteiger partial charge >= 0.3 is 62.7 Å². The van der Waals surface area contributed by atoms with Crippen LogP contribution in [0.25, 0.3) is 0 Å². The Kier molecular flexibility index (Phi) is 17.2. The van der Waals surface area contributed by atoms with Crippen LogP contribution >= 0.6 is 0 Å². The van der Waals surface area contributed by atoms with E-state index >= 15 is 0 Å². The Hall–Kier alpha value is 1.31. The fraction of sp³-hybridized carbons (Fsp3) is 0.500. The summed E-state index contributed by atoms with van der Waals surface area (Å²) in [5.41, 5.74) is 0. The SMILES string of the molecule is O=C[CH2][Hf].[MgH2]. The van der Waals surface area contributed by atoms with Crippen molar-refractivity contribution < 1.29 is 29.2 Å². The predicted molar refractivity (Wildman–Crippen MR) is 19.4 cm³/mol. The first-order chi connectivity index (χ1) is 1.91. The van der Waals surface area contributed by atoms with E-state index in [1.807, 2.05) is 0 Å². The van der Waals surface area contributed by atoms with Gasteiger partial charge in [0.25, 0.3) is 0 Å². The van der Waals surface area contributed by atoms with Crippen LogP contribution in [0, 0.1) is 0 Å². The van der Waals surface area contributed by atoms with E-state index in [1.165, 1.54) is 0 Å². The van der Waals surface area contributed by atoms with Crippen molar-refractivity contribution in [3.05, 3.63) is 0 Å². The van der Waals surface area contributed by atoms with Crippen LogP contribution in [0.5, 0.6) is 0 Å². The average Bonchev–Trinajstić information content (AvgIpc) is 1.37. The van der Waals surface area contributed by atoms with Gasteiger partial charge in [-0.3, -0.25) is 0 Å². The molecule has 0 spiro atoms. The Labute approximate surface area is 62.2 Å². The molecule has 5 heavy (non-hydrogen) atoms. The number of hydrogen-bond donors (Lipinski definition) is 0. The molecule has 0 radical (unpaired) electrons. The molecule has 0 N–H and O–H groups in total. The van der Waals surface area contributed by atoms with E-state index < -0.39 is 0 Å². The summed E-state index contributed by atoms with van der Waals surface area (Å²) >= 11 is 1.02. The van der Waals surface area contributed by atoms with E-state index in [-0.39, 0.29) is 23.1 Å². The molecule has 0 atom stereocenters. The molecule has 0 heterocycles. The normalized spacial score (nSPS) is 4.60. The fourth-order valence-corrected chi connectivity index (χ4v) is 0. The third-order valence-corrected chi connectivity index (χ3v) is 0.682. The quantitative estimate of drug-likeness (QED) is 0.440. The van der Waals surface area contributed by atoms with Gasteiger partial charge in [0, 0.05) is 0 Å². The van der Waals surface area contributed by atoms with Gasteiger partial charge in [0.05, 0.1) is 0 Å². The summed E-state index contributed by atoms with van der Waals surface area (Å²) in [5.74, 6) is 0. The minimum atomic E-state index is 0. The van der Waals surface area contributed by atoms with Crippen molar-refractivity contribution in [1.82, 2.24) is 0 Å². The largest absolute Gasteiger partial charge is 0.316 e. The molecule has 0 aliphatic carbocycles. The van der Waals surface area contributed by atoms with Gasteiger partial charge in [-0.2, -0.15) is 0 Å². The maximum atomic E-state index is 9.21. The van der Waals surface area contributed by atoms with E-state index in [0.717, 1.165) is 34.8 Å². The van der Waals surface area contributed by atoms with Crippen molar-refractivity contribution in [3.8, 4) is 0 Å². The Balaban J connectivity index is 0. The smallest absolute Gasteiger partial charge is 0.316 e. The Morgan fingerprint density at radius 2 is 2.00 bits per heavy atom. The molecule has 0 rings (SSSR count). The first-order valence-electron chi connectivity index (χ1n) is 0.998. The monoisotopic (exact) mass is 249 g/mol. The maximum absolute atomic E-state index is 9.21. The molecule has 0 aliphatic heterocycles. The fourth-order valence-electron chi connectivity index (χ4n) is 0. The minimum absolute atomic E-state index is 0. The third kappa shape index (κ3) is 10.9. The number of rotatable bonds is 1. The molecule has 0 bridgehead atoms. The Morgan fingerprint density at radius 1 is 1.80 bits per heavy atom. The summed E-state index contributed by atoms with van der Waals surface area (Å²) in [6, 6.07) is 0. The molecule has 0 fully saturated rings. The van der Waals surface area contributed by atoms with Gasteiger partial charge in [-0.25, -0.2) is 0 Å². The molecule has 25 valence electrons. The van der Waals surface area contributed by atoms with Gasteiger partial charge in [-0.15, -0.1) is 0 Å². The molecule has 0 aromatic carbocycles. The van der Waals surface area contributed by atoms with Gasteiger partial charge in [0.1, 0.15) is 0 Å². The zero-order valence-electron chi connectivity index (χ0n) is 2.19. The van der Waals surface area contributed by atoms with E-state index in [0.29, 0.717) is 0 Å². The molecular weight excluding hydrogens is 243 g/mol. The van der Waals surface area contributed by atoms with Crippen LogP contribution in [0.4, 0.5) is 0 Å². The van der Waals surface area contributed by atoms with Crippen molar-refractivity contribution in [2.75, 3.05) is 0 Å². The first kappa shape index (κ1) is 9.58. The average molecular weight is 248 g/mol. The van der Waals surface area contributed by atoms with Crippen molar-refractivity contribution >= 4 is 29.3 Å². The van der Waals surface area contributed by atoms with Crippen LogP contribution in [-0.2, 0) is 29.2 Å². The summed E-state index contributed by atoms with van der Waals surface area (Å²) in [6.07, 6.45) is 0.937. The number of hydrogen-bond acceptors (Lipinski definition) is 1. The maximum Gasteiger partial charge on any atom is 0.316 e. The summed E-state index contributed by atoms with van der Waals surface area (Å²) in [5, 5.41) is 0. The second-order valence-electron chi connectivity index (χ2n) is 0.371. The Bertz CT molecular complexity index is 23.6. The van der Waals surface area contributed by atoms with E-state index in [9.17, 15) is 4.79 Å². The topological polar surface area (TPSA) is 17.1 Å². The van der Waals surface area contributed by atoms with Crippen LogP contribution in [-0.4, -0.2) is 29.3 Å². The van der Waals surface area contributed by atoms with Gasteiger partial charge in [0.2, 0.25) is 0 Å². The molecule has 0 aliphatic rings. The van der Waals surface area contributed by atoms with Crippen molar-refractivity contribution in [3.63, 3.8) is 0 Å². The van der Waals surface area contributed by atoms with Crippen LogP contribution in [0.2, 0.25) is 4.18 Å². The first-order valence-corrected chi connectivity index (χ1v) is 3.54. The van der Waals surface area contributed by atoms with Crippen LogP contribution < -0.4 is 0 Å². The number of carbonyl (C=O) groups excluding carboxylic acids is 1. The summed E-state index contributed by atoms with van der Waals surface area (Å²) in [6.45, 7) is 0. The molecule has 0 unspecified atom stereocenters. The molecule has 1 nitrogen and oxygen atoms in total. The summed E-state index contributed by atoms with van der Waals surface area (Å²) < 4.78 is 0.778. The Morgan fingerprint density at radius 3 is 2.00 bits per heavy atom. The minimum Gasteiger partial charge on any atom is 0.316 e. The van der Waals surface area contributed by atoms with Gasteiger partial charge in [-0.1, -0.05) is 0 Å². The second kappa shape index (κ2) is 9.00. The van der Waals surface area contributed by atoms with Crippen LogP contribution in [0.3, 0.4) is 0 Å². The summed E-state index contributed by atoms with van der Waals surface area (Å²) in [4.78, 5) is 9.21. The van der Waals surface area contributed by atoms with Crippen molar-refractivity contribution in [2.45, 2.75) is 4.18 Å². The molecule has 0 aromatic heterocycles. The van der Waals surface area contributed by atoms with Crippen molar-refractivity contribution in [1.29, 1.82) is 0 Å². The molecule has 0 aromatic rings. The van der Waals surface area contributed by atoms with E-state index in [4.69, 9.17) is 0 Å². The van der Waals surface area contributed by atoms with Crippen LogP contribution in [0.15, 0.2) is 0 Å². The van der Waals surface area contributed by atoms with E-state index in [1.54, 1.807) is 0 Å². The van der Waals surface area contributed by atoms with Gasteiger partial charge < -0.3 is 0 Å². The van der Waals surface area contributed by atoms with Crippen molar-refractivity contribution in [2.24, 2.45) is 0 Å². The second-order valence-corrected chi connectivity index (χ2v) is 1.84.